The van der Waals surface area contributed by atoms with E-state index in [1.807, 2.05) is 31.2 Å². The molecule has 8 heteroatoms. The maximum absolute atomic E-state index is 14.1. The zero-order chi connectivity index (χ0) is 31.7. The van der Waals surface area contributed by atoms with Gasteiger partial charge in [0.15, 0.2) is 0 Å². The topological polar surface area (TPSA) is 63.2 Å². The summed E-state index contributed by atoms with van der Waals surface area (Å²) in [7, 11) is -3.30. The minimum Gasteiger partial charge on any atom is -0.545 e. The number of hydrogen-bond acceptors (Lipinski definition) is 6. The van der Waals surface area contributed by atoms with Gasteiger partial charge in [0.2, 0.25) is 8.32 Å². The minimum absolute atomic E-state index is 0.0117. The van der Waals surface area contributed by atoms with Crippen molar-refractivity contribution in [1.82, 2.24) is 0 Å². The number of carbonyl (C=O) groups excluding carboxylic acids is 1. The Morgan fingerprint density at radius 1 is 1.05 bits per heavy atom. The predicted octanol–water partition coefficient (Wildman–Crippen LogP) is 8.73. The van der Waals surface area contributed by atoms with Crippen LogP contribution in [-0.2, 0) is 34.8 Å². The minimum atomic E-state index is -2.06. The standard InChI is InChI=1S/C35H58O6Si2/c1-10-30-27(6)32(41-43(12-3,13-4)14-5)33(40-26-37-22-23-42(7,8)9)31-24-29(39-25-28-18-16-15-17-19-28)20-21-35(30,31)34(36)38-11-2/h10,15-19,29-31,33H,1,11-14,20-26H2,2-9H3/t29-,30+,31+,33+,35-/m0/s1. The molecule has 2 aliphatic carbocycles. The molecule has 242 valence electrons. The van der Waals surface area contributed by atoms with Crippen molar-refractivity contribution in [2.45, 2.75) is 117 Å². The number of allylic oxidation sites excluding steroid dienone is 2. The van der Waals surface area contributed by atoms with Gasteiger partial charge in [0.1, 0.15) is 18.7 Å². The predicted molar refractivity (Wildman–Crippen MR) is 180 cm³/mol. The van der Waals surface area contributed by atoms with E-state index in [4.69, 9.17) is 23.4 Å². The molecule has 1 aromatic rings. The second kappa shape index (κ2) is 16.0. The van der Waals surface area contributed by atoms with Gasteiger partial charge in [0.25, 0.3) is 0 Å². The van der Waals surface area contributed by atoms with Crippen LogP contribution in [0, 0.1) is 17.3 Å². The van der Waals surface area contributed by atoms with Crippen LogP contribution in [-0.4, -0.2) is 54.6 Å². The van der Waals surface area contributed by atoms with Crippen molar-refractivity contribution in [2.75, 3.05) is 20.0 Å². The molecule has 1 aromatic carbocycles. The van der Waals surface area contributed by atoms with Crippen molar-refractivity contribution in [2.24, 2.45) is 17.3 Å². The van der Waals surface area contributed by atoms with Gasteiger partial charge in [0, 0.05) is 26.5 Å². The summed E-state index contributed by atoms with van der Waals surface area (Å²) in [5.74, 6) is 0.333. The molecular formula is C35H58O6Si2. The fourth-order valence-electron chi connectivity index (χ4n) is 6.98. The van der Waals surface area contributed by atoms with Gasteiger partial charge in [0.05, 0.1) is 24.7 Å². The maximum Gasteiger partial charge on any atom is 0.313 e. The van der Waals surface area contributed by atoms with Crippen molar-refractivity contribution >= 4 is 22.4 Å². The van der Waals surface area contributed by atoms with Gasteiger partial charge in [-0.25, -0.2) is 0 Å². The first-order valence-corrected chi connectivity index (χ1v) is 22.8. The molecule has 0 radical (unpaired) electrons. The van der Waals surface area contributed by atoms with E-state index in [1.54, 1.807) is 0 Å². The molecule has 1 saturated carbocycles. The normalized spacial score (nSPS) is 26.1. The third kappa shape index (κ3) is 8.51. The van der Waals surface area contributed by atoms with E-state index in [-0.39, 0.29) is 30.7 Å². The van der Waals surface area contributed by atoms with Crippen molar-refractivity contribution in [1.29, 1.82) is 0 Å². The van der Waals surface area contributed by atoms with E-state index < -0.39 is 27.9 Å². The molecule has 0 heterocycles. The summed E-state index contributed by atoms with van der Waals surface area (Å²) in [6, 6.07) is 14.4. The SMILES string of the molecule is C=C[C@@H]1C(C)=C(O[Si](CC)(CC)CC)[C@H](OCOCC[Si](C)(C)C)[C@H]2C[C@@H](OCc3ccccc3)CC[C@]12C(=O)OCC. The van der Waals surface area contributed by atoms with Gasteiger partial charge in [-0.15, -0.1) is 6.58 Å². The lowest BCUT2D eigenvalue weighted by Gasteiger charge is -2.55. The van der Waals surface area contributed by atoms with Gasteiger partial charge in [-0.3, -0.25) is 4.79 Å². The molecule has 0 amide bonds. The zero-order valence-electron chi connectivity index (χ0n) is 28.2. The zero-order valence-corrected chi connectivity index (χ0v) is 30.2. The number of esters is 1. The van der Waals surface area contributed by atoms with Gasteiger partial charge < -0.3 is 23.4 Å². The van der Waals surface area contributed by atoms with E-state index in [9.17, 15) is 4.79 Å². The Kier molecular flexibility index (Phi) is 13.3. The number of fused-ring (bicyclic) bond motifs is 1. The van der Waals surface area contributed by atoms with Crippen LogP contribution in [0.3, 0.4) is 0 Å². The summed E-state index contributed by atoms with van der Waals surface area (Å²) in [6.07, 6.45) is 3.60. The van der Waals surface area contributed by atoms with Crippen LogP contribution in [0.5, 0.6) is 0 Å². The average Bonchev–Trinajstić information content (AvgIpc) is 3.00. The van der Waals surface area contributed by atoms with Gasteiger partial charge >= 0.3 is 5.97 Å². The Bertz CT molecular complexity index is 1060. The summed E-state index contributed by atoms with van der Waals surface area (Å²) in [5, 5.41) is 0. The van der Waals surface area contributed by atoms with Gasteiger partial charge in [-0.2, -0.15) is 0 Å². The summed E-state index contributed by atoms with van der Waals surface area (Å²) in [6.45, 7) is 23.7. The lowest BCUT2D eigenvalue weighted by Crippen LogP contribution is -2.59. The Labute approximate surface area is 263 Å². The molecule has 5 atom stereocenters. The molecule has 6 nitrogen and oxygen atoms in total. The Morgan fingerprint density at radius 2 is 1.72 bits per heavy atom. The monoisotopic (exact) mass is 630 g/mol. The van der Waals surface area contributed by atoms with Crippen LogP contribution in [0.15, 0.2) is 54.3 Å². The summed E-state index contributed by atoms with van der Waals surface area (Å²) in [4.78, 5) is 14.1. The van der Waals surface area contributed by atoms with Crippen molar-refractivity contribution in [3.05, 3.63) is 59.9 Å². The number of benzene rings is 1. The first kappa shape index (κ1) is 35.8. The second-order valence-corrected chi connectivity index (χ2v) is 23.9. The second-order valence-electron chi connectivity index (χ2n) is 13.6. The lowest BCUT2D eigenvalue weighted by atomic mass is 9.53. The first-order valence-electron chi connectivity index (χ1n) is 16.5. The molecule has 1 fully saturated rings. The summed E-state index contributed by atoms with van der Waals surface area (Å²) >= 11 is 0. The third-order valence-corrected chi connectivity index (χ3v) is 16.1. The van der Waals surface area contributed by atoms with Crippen LogP contribution in [0.2, 0.25) is 43.8 Å². The van der Waals surface area contributed by atoms with E-state index in [2.05, 4.69) is 66.0 Å². The smallest absolute Gasteiger partial charge is 0.313 e. The van der Waals surface area contributed by atoms with Crippen LogP contribution >= 0.6 is 0 Å². The first-order chi connectivity index (χ1) is 20.5. The highest BCUT2D eigenvalue weighted by atomic mass is 28.4. The van der Waals surface area contributed by atoms with Crippen LogP contribution < -0.4 is 0 Å². The number of carbonyl (C=O) groups is 1. The highest BCUT2D eigenvalue weighted by Crippen LogP contribution is 2.58. The van der Waals surface area contributed by atoms with Crippen molar-refractivity contribution < 1.29 is 28.2 Å². The molecule has 43 heavy (non-hydrogen) atoms. The Hall–Kier alpha value is -1.72. The van der Waals surface area contributed by atoms with Crippen molar-refractivity contribution in [3.8, 4) is 0 Å². The fourth-order valence-corrected chi connectivity index (χ4v) is 10.4. The molecule has 2 aliphatic rings. The highest BCUT2D eigenvalue weighted by Gasteiger charge is 2.62. The Morgan fingerprint density at radius 3 is 2.30 bits per heavy atom. The van der Waals surface area contributed by atoms with Gasteiger partial charge in [-0.05, 0) is 68.4 Å². The largest absolute Gasteiger partial charge is 0.545 e. The molecule has 0 N–H and O–H groups in total. The van der Waals surface area contributed by atoms with Crippen molar-refractivity contribution in [3.63, 3.8) is 0 Å². The fraction of sp³-hybridized carbons (Fsp3) is 0.686. The van der Waals surface area contributed by atoms with E-state index >= 15 is 0 Å². The van der Waals surface area contributed by atoms with E-state index in [0.717, 1.165) is 47.5 Å². The molecule has 0 bridgehead atoms. The molecule has 0 aromatic heterocycles. The summed E-state index contributed by atoms with van der Waals surface area (Å²) < 4.78 is 32.4. The molecule has 0 aliphatic heterocycles. The van der Waals surface area contributed by atoms with Crippen LogP contribution in [0.25, 0.3) is 0 Å². The number of hydrogen-bond donors (Lipinski definition) is 0. The van der Waals surface area contributed by atoms with Crippen LogP contribution in [0.4, 0.5) is 0 Å². The Balaban J connectivity index is 2.04. The summed E-state index contributed by atoms with van der Waals surface area (Å²) in [5.41, 5.74) is 1.40. The number of ether oxygens (including phenoxy) is 4. The third-order valence-electron chi connectivity index (χ3n) is 9.90. The van der Waals surface area contributed by atoms with E-state index in [0.29, 0.717) is 32.7 Å². The average molecular weight is 631 g/mol. The number of rotatable bonds is 17. The highest BCUT2D eigenvalue weighted by molar-refractivity contribution is 6.76. The molecule has 3 rings (SSSR count). The van der Waals surface area contributed by atoms with Gasteiger partial charge in [-0.1, -0.05) is 76.8 Å². The molecule has 0 unspecified atom stereocenters. The van der Waals surface area contributed by atoms with E-state index in [1.165, 1.54) is 0 Å². The molecular weight excluding hydrogens is 573 g/mol. The maximum atomic E-state index is 14.1. The molecule has 0 spiro atoms. The lowest BCUT2D eigenvalue weighted by molar-refractivity contribution is -0.189. The quantitative estimate of drug-likeness (QED) is 0.0564. The molecule has 0 saturated heterocycles. The van der Waals surface area contributed by atoms with Crippen LogP contribution in [0.1, 0.15) is 59.4 Å².